The molecule has 0 aliphatic rings. The van der Waals surface area contributed by atoms with E-state index in [1.807, 2.05) is 0 Å². The number of nitrogens with zero attached hydrogens (tertiary/aromatic N) is 3. The summed E-state index contributed by atoms with van der Waals surface area (Å²) in [5.41, 5.74) is -0.341. The van der Waals surface area contributed by atoms with Crippen molar-refractivity contribution in [1.82, 2.24) is 14.8 Å². The Morgan fingerprint density at radius 3 is 2.62 bits per heavy atom. The van der Waals surface area contributed by atoms with Gasteiger partial charge in [-0.1, -0.05) is 0 Å². The van der Waals surface area contributed by atoms with E-state index < -0.39 is 17.6 Å². The number of rotatable bonds is 4. The van der Waals surface area contributed by atoms with Crippen LogP contribution in [0.4, 0.5) is 5.69 Å². The maximum Gasteiger partial charge on any atom is 0.342 e. The van der Waals surface area contributed by atoms with Gasteiger partial charge < -0.3 is 15.2 Å². The summed E-state index contributed by atoms with van der Waals surface area (Å²) in [6.45, 7) is 6.85. The highest BCUT2D eigenvalue weighted by atomic mass is 16.6. The van der Waals surface area contributed by atoms with Gasteiger partial charge >= 0.3 is 5.97 Å². The van der Waals surface area contributed by atoms with E-state index in [1.165, 1.54) is 35.5 Å². The number of nitrogens with one attached hydrogen (secondary N) is 1. The number of esters is 1. The lowest BCUT2D eigenvalue weighted by Gasteiger charge is -2.20. The van der Waals surface area contributed by atoms with Crippen LogP contribution in [0, 0.1) is 0 Å². The predicted octanol–water partition coefficient (Wildman–Crippen LogP) is 2.14. The summed E-state index contributed by atoms with van der Waals surface area (Å²) in [5, 5.41) is 16.4. The Balaban J connectivity index is 2.16. The van der Waals surface area contributed by atoms with Crippen LogP contribution in [-0.4, -0.2) is 37.3 Å². The van der Waals surface area contributed by atoms with Crippen molar-refractivity contribution in [2.75, 3.05) is 5.32 Å². The van der Waals surface area contributed by atoms with Gasteiger partial charge in [-0.25, -0.2) is 14.5 Å². The fourth-order valence-corrected chi connectivity index (χ4v) is 1.89. The minimum Gasteiger partial charge on any atom is -0.507 e. The molecule has 1 atom stereocenters. The zero-order valence-electron chi connectivity index (χ0n) is 14.0. The molecule has 0 radical (unpaired) electrons. The zero-order valence-corrected chi connectivity index (χ0v) is 14.0. The number of benzene rings is 1. The first-order valence-electron chi connectivity index (χ1n) is 7.39. The number of hydrogen-bond donors (Lipinski definition) is 2. The second-order valence-electron chi connectivity index (χ2n) is 6.27. The van der Waals surface area contributed by atoms with Crippen molar-refractivity contribution in [2.24, 2.45) is 0 Å². The fraction of sp³-hybridized carbons (Fsp3) is 0.375. The summed E-state index contributed by atoms with van der Waals surface area (Å²) in [6.07, 6.45) is 2.78. The molecule has 8 nitrogen and oxygen atoms in total. The lowest BCUT2D eigenvalue weighted by molar-refractivity contribution is -0.119. The minimum atomic E-state index is -0.690. The van der Waals surface area contributed by atoms with Crippen LogP contribution in [-0.2, 0) is 9.53 Å². The molecule has 0 aliphatic heterocycles. The number of carbonyl (C=O) groups excluding carboxylic acids is 2. The van der Waals surface area contributed by atoms with E-state index in [4.69, 9.17) is 4.74 Å². The summed E-state index contributed by atoms with van der Waals surface area (Å²) in [4.78, 5) is 28.1. The Hall–Kier alpha value is -2.90. The first-order chi connectivity index (χ1) is 11.2. The van der Waals surface area contributed by atoms with E-state index in [2.05, 4.69) is 15.4 Å². The quantitative estimate of drug-likeness (QED) is 0.656. The van der Waals surface area contributed by atoms with Crippen molar-refractivity contribution in [2.45, 2.75) is 39.3 Å². The summed E-state index contributed by atoms with van der Waals surface area (Å²) in [6, 6.07) is 3.62. The van der Waals surface area contributed by atoms with Crippen molar-refractivity contribution >= 4 is 17.6 Å². The van der Waals surface area contributed by atoms with Gasteiger partial charge in [-0.2, -0.15) is 5.10 Å². The lowest BCUT2D eigenvalue weighted by Crippen LogP contribution is -2.25. The average molecular weight is 332 g/mol. The molecule has 0 saturated carbocycles. The number of anilines is 1. The molecule has 0 bridgehead atoms. The summed E-state index contributed by atoms with van der Waals surface area (Å²) in [5.74, 6) is -1.21. The number of phenolic OH excluding ortho intramolecular Hbond substituents is 1. The molecule has 0 fully saturated rings. The second kappa shape index (κ2) is 6.69. The summed E-state index contributed by atoms with van der Waals surface area (Å²) < 4.78 is 6.64. The first kappa shape index (κ1) is 17.5. The molecule has 2 rings (SSSR count). The molecule has 24 heavy (non-hydrogen) atoms. The standard InChI is InChI=1S/C16H20N4O4/c1-10(20-9-17-8-18-20)14(22)19-11-5-6-13(21)12(7-11)15(23)24-16(2,3)4/h5-10,21H,1-4H3,(H,19,22). The van der Waals surface area contributed by atoms with Crippen molar-refractivity contribution in [3.05, 3.63) is 36.4 Å². The predicted molar refractivity (Wildman–Crippen MR) is 86.6 cm³/mol. The van der Waals surface area contributed by atoms with Crippen LogP contribution in [0.5, 0.6) is 5.75 Å². The van der Waals surface area contributed by atoms with Crippen molar-refractivity contribution < 1.29 is 19.4 Å². The number of amides is 1. The maximum atomic E-state index is 12.2. The zero-order chi connectivity index (χ0) is 17.9. The normalized spacial score (nSPS) is 12.5. The highest BCUT2D eigenvalue weighted by molar-refractivity contribution is 5.97. The van der Waals surface area contributed by atoms with Crippen LogP contribution < -0.4 is 5.32 Å². The molecule has 0 aliphatic carbocycles. The van der Waals surface area contributed by atoms with Gasteiger partial charge in [-0.05, 0) is 45.9 Å². The highest BCUT2D eigenvalue weighted by Crippen LogP contribution is 2.24. The molecule has 2 aromatic rings. The largest absolute Gasteiger partial charge is 0.507 e. The lowest BCUT2D eigenvalue weighted by atomic mass is 10.1. The van der Waals surface area contributed by atoms with Crippen molar-refractivity contribution in [3.63, 3.8) is 0 Å². The maximum absolute atomic E-state index is 12.2. The smallest absolute Gasteiger partial charge is 0.342 e. The Labute approximate surface area is 139 Å². The Kier molecular flexibility index (Phi) is 4.87. The Morgan fingerprint density at radius 1 is 1.33 bits per heavy atom. The van der Waals surface area contributed by atoms with Gasteiger partial charge in [-0.15, -0.1) is 0 Å². The third-order valence-corrected chi connectivity index (χ3v) is 3.10. The van der Waals surface area contributed by atoms with Gasteiger partial charge in [0.2, 0.25) is 5.91 Å². The van der Waals surface area contributed by atoms with Gasteiger partial charge in [0.05, 0.1) is 0 Å². The van der Waals surface area contributed by atoms with Gasteiger partial charge in [0.25, 0.3) is 0 Å². The van der Waals surface area contributed by atoms with Crippen LogP contribution >= 0.6 is 0 Å². The van der Waals surface area contributed by atoms with Crippen LogP contribution in [0.15, 0.2) is 30.9 Å². The molecule has 1 amide bonds. The highest BCUT2D eigenvalue weighted by Gasteiger charge is 2.22. The number of hydrogen-bond acceptors (Lipinski definition) is 6. The van der Waals surface area contributed by atoms with E-state index in [0.717, 1.165) is 0 Å². The van der Waals surface area contributed by atoms with Gasteiger partial charge in [0, 0.05) is 5.69 Å². The topological polar surface area (TPSA) is 106 Å². The molecule has 2 N–H and O–H groups in total. The number of carbonyl (C=O) groups is 2. The Bertz CT molecular complexity index is 735. The molecular formula is C16H20N4O4. The molecule has 0 saturated heterocycles. The number of aromatic hydroxyl groups is 1. The third kappa shape index (κ3) is 4.31. The number of aromatic nitrogens is 3. The van der Waals surface area contributed by atoms with Crippen molar-refractivity contribution in [3.8, 4) is 5.75 Å². The third-order valence-electron chi connectivity index (χ3n) is 3.10. The van der Waals surface area contributed by atoms with Crippen molar-refractivity contribution in [1.29, 1.82) is 0 Å². The van der Waals surface area contributed by atoms with Crippen LogP contribution in [0.2, 0.25) is 0 Å². The van der Waals surface area contributed by atoms with Crippen LogP contribution in [0.3, 0.4) is 0 Å². The number of ether oxygens (including phenoxy) is 1. The molecule has 128 valence electrons. The Morgan fingerprint density at radius 2 is 2.04 bits per heavy atom. The monoisotopic (exact) mass is 332 g/mol. The van der Waals surface area contributed by atoms with E-state index in [9.17, 15) is 14.7 Å². The average Bonchev–Trinajstić information content (AvgIpc) is 3.00. The summed E-state index contributed by atoms with van der Waals surface area (Å²) in [7, 11) is 0. The molecule has 1 aromatic heterocycles. The van der Waals surface area contributed by atoms with E-state index in [0.29, 0.717) is 5.69 Å². The molecule has 1 heterocycles. The summed E-state index contributed by atoms with van der Waals surface area (Å²) >= 11 is 0. The SMILES string of the molecule is CC(C(=O)Nc1ccc(O)c(C(=O)OC(C)(C)C)c1)n1cncn1. The second-order valence-corrected chi connectivity index (χ2v) is 6.27. The van der Waals surface area contributed by atoms with Crippen LogP contribution in [0.1, 0.15) is 44.1 Å². The molecule has 1 aromatic carbocycles. The van der Waals surface area contributed by atoms with Crippen LogP contribution in [0.25, 0.3) is 0 Å². The van der Waals surface area contributed by atoms with Gasteiger partial charge in [-0.3, -0.25) is 4.79 Å². The van der Waals surface area contributed by atoms with E-state index >= 15 is 0 Å². The molecule has 1 unspecified atom stereocenters. The van der Waals surface area contributed by atoms with E-state index in [1.54, 1.807) is 27.7 Å². The van der Waals surface area contributed by atoms with Gasteiger partial charge in [0.1, 0.15) is 35.6 Å². The molecule has 0 spiro atoms. The molecular weight excluding hydrogens is 312 g/mol. The van der Waals surface area contributed by atoms with E-state index in [-0.39, 0.29) is 17.2 Å². The molecule has 8 heteroatoms. The first-order valence-corrected chi connectivity index (χ1v) is 7.39. The van der Waals surface area contributed by atoms with Gasteiger partial charge in [0.15, 0.2) is 0 Å². The minimum absolute atomic E-state index is 0.0175. The fourth-order valence-electron chi connectivity index (χ4n) is 1.89. The number of phenols is 1.